The Morgan fingerprint density at radius 1 is 0.379 bits per heavy atom. The van der Waals surface area contributed by atoms with Crippen molar-refractivity contribution in [1.82, 2.24) is 0 Å². The second-order valence-electron chi connectivity index (χ2n) is 17.3. The molecule has 0 bridgehead atoms. The zero-order valence-corrected chi connectivity index (χ0v) is 33.1. The van der Waals surface area contributed by atoms with Crippen LogP contribution in [0.3, 0.4) is 0 Å². The number of benzene rings is 9. The van der Waals surface area contributed by atoms with Gasteiger partial charge in [0, 0.05) is 32.9 Å². The fraction of sp³-hybridized carbons (Fsp3) is 0.107. The van der Waals surface area contributed by atoms with Crippen LogP contribution in [-0.4, -0.2) is 0 Å². The van der Waals surface area contributed by atoms with Gasteiger partial charge in [0.2, 0.25) is 0 Å². The Kier molecular flexibility index (Phi) is 6.78. The van der Waals surface area contributed by atoms with E-state index in [0.717, 1.165) is 44.6 Å². The van der Waals surface area contributed by atoms with Crippen LogP contribution in [0.1, 0.15) is 49.9 Å². The van der Waals surface area contributed by atoms with Crippen LogP contribution in [0.25, 0.3) is 76.9 Å². The Labute approximate surface area is 338 Å². The molecule has 0 N–H and O–H groups in total. The van der Waals surface area contributed by atoms with Crippen molar-refractivity contribution in [2.75, 3.05) is 4.90 Å². The van der Waals surface area contributed by atoms with Gasteiger partial charge in [0.1, 0.15) is 5.58 Å². The van der Waals surface area contributed by atoms with Crippen LogP contribution in [-0.2, 0) is 10.8 Å². The fourth-order valence-electron chi connectivity index (χ4n) is 10.4. The summed E-state index contributed by atoms with van der Waals surface area (Å²) in [6.45, 7) is 9.61. The molecule has 2 heteroatoms. The van der Waals surface area contributed by atoms with Crippen LogP contribution in [0.2, 0.25) is 0 Å². The molecule has 0 unspecified atom stereocenters. The van der Waals surface area contributed by atoms with E-state index in [1.54, 1.807) is 0 Å². The smallest absolute Gasteiger partial charge is 0.159 e. The van der Waals surface area contributed by atoms with Gasteiger partial charge < -0.3 is 9.32 Å². The summed E-state index contributed by atoms with van der Waals surface area (Å²) in [4.78, 5) is 2.40. The van der Waals surface area contributed by atoms with Crippen molar-refractivity contribution in [2.45, 2.75) is 38.5 Å². The maximum absolute atomic E-state index is 6.71. The van der Waals surface area contributed by atoms with Gasteiger partial charge in [0.05, 0.1) is 11.4 Å². The largest absolute Gasteiger partial charge is 0.454 e. The van der Waals surface area contributed by atoms with E-state index in [4.69, 9.17) is 4.42 Å². The molecule has 10 aromatic rings. The highest BCUT2D eigenvalue weighted by atomic mass is 16.3. The summed E-state index contributed by atoms with van der Waals surface area (Å²) < 4.78 is 6.71. The first-order valence-corrected chi connectivity index (χ1v) is 20.4. The minimum Gasteiger partial charge on any atom is -0.454 e. The Morgan fingerprint density at radius 2 is 0.914 bits per heavy atom. The first kappa shape index (κ1) is 33.3. The molecule has 0 amide bonds. The Morgan fingerprint density at radius 3 is 1.66 bits per heavy atom. The van der Waals surface area contributed by atoms with E-state index in [9.17, 15) is 0 Å². The third-order valence-corrected chi connectivity index (χ3v) is 13.4. The van der Waals surface area contributed by atoms with Gasteiger partial charge in [-0.1, -0.05) is 137 Å². The molecule has 2 aliphatic carbocycles. The van der Waals surface area contributed by atoms with Crippen LogP contribution >= 0.6 is 0 Å². The van der Waals surface area contributed by atoms with Crippen molar-refractivity contribution >= 4 is 60.5 Å². The molecular formula is C56H41NO. The van der Waals surface area contributed by atoms with Crippen molar-refractivity contribution in [3.8, 4) is 33.4 Å². The van der Waals surface area contributed by atoms with Gasteiger partial charge in [0.15, 0.2) is 5.58 Å². The summed E-state index contributed by atoms with van der Waals surface area (Å²) in [6.07, 6.45) is 0. The van der Waals surface area contributed by atoms with Gasteiger partial charge in [-0.05, 0) is 138 Å². The van der Waals surface area contributed by atoms with Crippen LogP contribution < -0.4 is 4.90 Å². The van der Waals surface area contributed by atoms with E-state index in [1.165, 1.54) is 71.6 Å². The van der Waals surface area contributed by atoms with Gasteiger partial charge in [0.25, 0.3) is 0 Å². The van der Waals surface area contributed by atoms with Gasteiger partial charge >= 0.3 is 0 Å². The highest BCUT2D eigenvalue weighted by Crippen LogP contribution is 2.57. The molecule has 0 atom stereocenters. The molecule has 1 aromatic heterocycles. The van der Waals surface area contributed by atoms with Crippen molar-refractivity contribution in [3.63, 3.8) is 0 Å². The highest BCUT2D eigenvalue weighted by molar-refractivity contribution is 6.11. The lowest BCUT2D eigenvalue weighted by molar-refractivity contribution is 0.653. The van der Waals surface area contributed by atoms with Gasteiger partial charge in [-0.3, -0.25) is 0 Å². The van der Waals surface area contributed by atoms with Crippen LogP contribution in [0.5, 0.6) is 0 Å². The van der Waals surface area contributed by atoms with Crippen molar-refractivity contribution in [3.05, 3.63) is 198 Å². The number of rotatable bonds is 4. The number of nitrogens with zero attached hydrogens (tertiary/aromatic N) is 1. The van der Waals surface area contributed by atoms with Crippen molar-refractivity contribution in [2.24, 2.45) is 0 Å². The molecule has 2 nitrogen and oxygen atoms in total. The summed E-state index contributed by atoms with van der Waals surface area (Å²) in [5, 5.41) is 7.30. The summed E-state index contributed by atoms with van der Waals surface area (Å²) in [5.74, 6) is 0. The van der Waals surface area contributed by atoms with Crippen LogP contribution in [0, 0.1) is 0 Å². The average molecular weight is 744 g/mol. The molecule has 58 heavy (non-hydrogen) atoms. The quantitative estimate of drug-likeness (QED) is 0.178. The van der Waals surface area contributed by atoms with Gasteiger partial charge in [-0.2, -0.15) is 0 Å². The molecule has 2 aliphatic rings. The number of anilines is 3. The number of hydrogen-bond donors (Lipinski definition) is 0. The van der Waals surface area contributed by atoms with Gasteiger partial charge in [-0.25, -0.2) is 0 Å². The minimum absolute atomic E-state index is 0.0927. The predicted molar refractivity (Wildman–Crippen MR) is 244 cm³/mol. The van der Waals surface area contributed by atoms with E-state index in [2.05, 4.69) is 202 Å². The predicted octanol–water partition coefficient (Wildman–Crippen LogP) is 15.6. The fourth-order valence-corrected chi connectivity index (χ4v) is 10.4. The number of hydrogen-bond acceptors (Lipinski definition) is 2. The molecule has 9 aromatic carbocycles. The van der Waals surface area contributed by atoms with Gasteiger partial charge in [-0.15, -0.1) is 0 Å². The highest BCUT2D eigenvalue weighted by Gasteiger charge is 2.42. The van der Waals surface area contributed by atoms with Crippen molar-refractivity contribution in [1.29, 1.82) is 0 Å². The lowest BCUT2D eigenvalue weighted by Crippen LogP contribution is -2.17. The first-order chi connectivity index (χ1) is 28.3. The first-order valence-electron chi connectivity index (χ1n) is 20.4. The third kappa shape index (κ3) is 4.60. The molecule has 12 rings (SSSR count). The standard InChI is InChI=1S/C56H41NO/c1-55(2)47-30-36-18-9-8-17-35(36)28-43(47)45-32-50-46(33-49(45)55)44-29-37-25-26-39(27-38(37)31-48(44)56(50,3)4)57(51-22-12-10-19-40(51)34-15-6-5-7-16-34)52-23-14-21-42-41-20-11-13-24-53(41)58-54(42)52/h5-33H,1-4H3. The lowest BCUT2D eigenvalue weighted by atomic mass is 9.79. The second kappa shape index (κ2) is 11.8. The zero-order valence-electron chi connectivity index (χ0n) is 33.1. The van der Waals surface area contributed by atoms with E-state index >= 15 is 0 Å². The van der Waals surface area contributed by atoms with E-state index in [1.807, 2.05) is 6.07 Å². The zero-order chi connectivity index (χ0) is 38.9. The minimum atomic E-state index is -0.174. The van der Waals surface area contributed by atoms with E-state index in [-0.39, 0.29) is 10.8 Å². The molecule has 1 heterocycles. The average Bonchev–Trinajstić information content (AvgIpc) is 3.82. The Bertz CT molecular complexity index is 3350. The maximum Gasteiger partial charge on any atom is 0.159 e. The normalized spacial score (nSPS) is 14.5. The van der Waals surface area contributed by atoms with E-state index in [0.29, 0.717) is 0 Å². The SMILES string of the molecule is CC1(C)c2cc3c(cc2-c2cc4ccccc4cc21)C(C)(C)c1cc2cc(N(c4ccccc4-c4ccccc4)c4cccc5c4oc4ccccc45)ccc2cc1-3. The number of para-hydroxylation sites is 3. The van der Waals surface area contributed by atoms with Crippen LogP contribution in [0.15, 0.2) is 180 Å². The lowest BCUT2D eigenvalue weighted by Gasteiger charge is -2.28. The summed E-state index contributed by atoms with van der Waals surface area (Å²) >= 11 is 0. The molecule has 0 saturated carbocycles. The Hall–Kier alpha value is -6.90. The Balaban J connectivity index is 1.05. The second-order valence-corrected chi connectivity index (χ2v) is 17.3. The molecule has 276 valence electrons. The molecule has 0 aliphatic heterocycles. The third-order valence-electron chi connectivity index (χ3n) is 13.4. The topological polar surface area (TPSA) is 16.4 Å². The van der Waals surface area contributed by atoms with Crippen molar-refractivity contribution < 1.29 is 4.42 Å². The molecule has 0 saturated heterocycles. The van der Waals surface area contributed by atoms with Crippen LogP contribution in [0.4, 0.5) is 17.1 Å². The monoisotopic (exact) mass is 743 g/mol. The molecule has 0 radical (unpaired) electrons. The molecule has 0 spiro atoms. The number of fused-ring (bicyclic) bond motifs is 11. The van der Waals surface area contributed by atoms with E-state index < -0.39 is 0 Å². The number of furan rings is 1. The molecule has 0 fully saturated rings. The summed E-state index contributed by atoms with van der Waals surface area (Å²) in [5.41, 5.74) is 18.1. The molecular weight excluding hydrogens is 703 g/mol. The maximum atomic E-state index is 6.71. The summed E-state index contributed by atoms with van der Waals surface area (Å²) in [6, 6.07) is 64.9. The summed E-state index contributed by atoms with van der Waals surface area (Å²) in [7, 11) is 0.